The zero-order valence-corrected chi connectivity index (χ0v) is 10.9. The first-order chi connectivity index (χ1) is 8.50. The molecule has 0 atom stereocenters. The van der Waals surface area contributed by atoms with Gasteiger partial charge >= 0.3 is 0 Å². The summed E-state index contributed by atoms with van der Waals surface area (Å²) < 4.78 is 0. The van der Waals surface area contributed by atoms with E-state index in [4.69, 9.17) is 12.8 Å². The van der Waals surface area contributed by atoms with Crippen molar-refractivity contribution < 1.29 is 10.2 Å². The van der Waals surface area contributed by atoms with E-state index in [1.165, 1.54) is 0 Å². The molecule has 0 aromatic carbocycles. The van der Waals surface area contributed by atoms with Gasteiger partial charge in [0.05, 0.1) is 0 Å². The van der Waals surface area contributed by atoms with Gasteiger partial charge in [0.1, 0.15) is 11.2 Å². The Kier molecular flexibility index (Phi) is 3.71. The molecule has 2 aliphatic rings. The average Bonchev–Trinajstić information content (AvgIpc) is 2.41. The van der Waals surface area contributed by atoms with Crippen molar-refractivity contribution in [1.82, 2.24) is 0 Å². The molecule has 0 aromatic heterocycles. The standard InChI is InChI=1S/C16H22O2/c1-3-15(17)9-5-13(6-10-15)14-7-11-16(18,4-2)12-8-14/h1-2,13-14,17-18H,5-12H2. The Hall–Kier alpha value is -0.960. The van der Waals surface area contributed by atoms with E-state index in [-0.39, 0.29) is 0 Å². The molecule has 0 heterocycles. The fourth-order valence-electron chi connectivity index (χ4n) is 3.47. The van der Waals surface area contributed by atoms with Crippen LogP contribution in [0, 0.1) is 36.5 Å². The van der Waals surface area contributed by atoms with Crippen molar-refractivity contribution in [3.63, 3.8) is 0 Å². The molecule has 2 fully saturated rings. The van der Waals surface area contributed by atoms with E-state index < -0.39 is 11.2 Å². The lowest BCUT2D eigenvalue weighted by Crippen LogP contribution is -2.38. The lowest BCUT2D eigenvalue weighted by atomic mass is 9.67. The molecule has 0 spiro atoms. The van der Waals surface area contributed by atoms with E-state index in [1.807, 2.05) is 0 Å². The monoisotopic (exact) mass is 246 g/mol. The highest BCUT2D eigenvalue weighted by Crippen LogP contribution is 2.43. The third kappa shape index (κ3) is 2.72. The first-order valence-corrected chi connectivity index (χ1v) is 6.91. The highest BCUT2D eigenvalue weighted by molar-refractivity contribution is 5.11. The maximum atomic E-state index is 10.0. The number of rotatable bonds is 1. The fraction of sp³-hybridized carbons (Fsp3) is 0.750. The van der Waals surface area contributed by atoms with Crippen LogP contribution >= 0.6 is 0 Å². The van der Waals surface area contributed by atoms with Crippen LogP contribution in [-0.4, -0.2) is 21.4 Å². The van der Waals surface area contributed by atoms with Crippen LogP contribution in [0.1, 0.15) is 51.4 Å². The minimum atomic E-state index is -0.870. The molecule has 0 amide bonds. The van der Waals surface area contributed by atoms with Crippen LogP contribution in [0.5, 0.6) is 0 Å². The zero-order valence-electron chi connectivity index (χ0n) is 10.9. The predicted molar refractivity (Wildman–Crippen MR) is 71.5 cm³/mol. The fourth-order valence-corrected chi connectivity index (χ4v) is 3.47. The van der Waals surface area contributed by atoms with Gasteiger partial charge in [-0.3, -0.25) is 0 Å². The molecule has 2 saturated carbocycles. The Morgan fingerprint density at radius 2 is 1.00 bits per heavy atom. The first-order valence-electron chi connectivity index (χ1n) is 6.91. The maximum Gasteiger partial charge on any atom is 0.125 e. The van der Waals surface area contributed by atoms with Crippen molar-refractivity contribution in [1.29, 1.82) is 0 Å². The van der Waals surface area contributed by atoms with E-state index in [2.05, 4.69) is 11.8 Å². The summed E-state index contributed by atoms with van der Waals surface area (Å²) in [6.45, 7) is 0. The van der Waals surface area contributed by atoms with Crippen LogP contribution in [0.2, 0.25) is 0 Å². The minimum Gasteiger partial charge on any atom is -0.378 e. The quantitative estimate of drug-likeness (QED) is 0.696. The molecule has 0 aliphatic heterocycles. The molecule has 2 nitrogen and oxygen atoms in total. The summed E-state index contributed by atoms with van der Waals surface area (Å²) in [6.07, 6.45) is 17.6. The first kappa shape index (κ1) is 13.5. The minimum absolute atomic E-state index is 0.640. The molecule has 98 valence electrons. The summed E-state index contributed by atoms with van der Waals surface area (Å²) in [6, 6.07) is 0. The van der Waals surface area contributed by atoms with E-state index in [9.17, 15) is 10.2 Å². The van der Waals surface area contributed by atoms with Crippen molar-refractivity contribution in [3.8, 4) is 24.7 Å². The number of hydrogen-bond acceptors (Lipinski definition) is 2. The highest BCUT2D eigenvalue weighted by atomic mass is 16.3. The molecule has 0 unspecified atom stereocenters. The van der Waals surface area contributed by atoms with Gasteiger partial charge in [-0.05, 0) is 63.2 Å². The van der Waals surface area contributed by atoms with Crippen molar-refractivity contribution in [2.75, 3.05) is 0 Å². The second kappa shape index (κ2) is 4.96. The molecular formula is C16H22O2. The smallest absolute Gasteiger partial charge is 0.125 e. The highest BCUT2D eigenvalue weighted by Gasteiger charge is 2.38. The van der Waals surface area contributed by atoms with Crippen molar-refractivity contribution in [3.05, 3.63) is 0 Å². The van der Waals surface area contributed by atoms with E-state index in [0.29, 0.717) is 37.5 Å². The molecule has 0 radical (unpaired) electrons. The van der Waals surface area contributed by atoms with Gasteiger partial charge in [-0.25, -0.2) is 0 Å². The van der Waals surface area contributed by atoms with Crippen molar-refractivity contribution in [2.45, 2.75) is 62.6 Å². The number of terminal acetylenes is 2. The normalized spacial score (nSPS) is 44.9. The summed E-state index contributed by atoms with van der Waals surface area (Å²) in [5.74, 6) is 6.31. The van der Waals surface area contributed by atoms with Gasteiger partial charge in [-0.2, -0.15) is 0 Å². The molecule has 2 rings (SSSR count). The molecule has 2 N–H and O–H groups in total. The summed E-state index contributed by atoms with van der Waals surface area (Å²) in [4.78, 5) is 0. The van der Waals surface area contributed by atoms with Gasteiger partial charge in [-0.15, -0.1) is 12.8 Å². The Labute approximate surface area is 110 Å². The van der Waals surface area contributed by atoms with E-state index >= 15 is 0 Å². The SMILES string of the molecule is C#CC1(O)CCC(C2CCC(O)(C#C)CC2)CC1. The molecular weight excluding hydrogens is 224 g/mol. The average molecular weight is 246 g/mol. The maximum absolute atomic E-state index is 10.0. The third-order valence-corrected chi connectivity index (χ3v) is 4.92. The zero-order chi connectivity index (χ0) is 13.2. The predicted octanol–water partition coefficient (Wildman–Crippen LogP) is 2.10. The van der Waals surface area contributed by atoms with Gasteiger partial charge in [0.2, 0.25) is 0 Å². The number of hydrogen-bond donors (Lipinski definition) is 2. The second-order valence-electron chi connectivity index (χ2n) is 6.03. The third-order valence-electron chi connectivity index (χ3n) is 4.92. The molecule has 0 bridgehead atoms. The molecule has 2 heteroatoms. The topological polar surface area (TPSA) is 40.5 Å². The summed E-state index contributed by atoms with van der Waals surface area (Å²) >= 11 is 0. The molecule has 0 saturated heterocycles. The van der Waals surface area contributed by atoms with Crippen molar-refractivity contribution >= 4 is 0 Å². The summed E-state index contributed by atoms with van der Waals surface area (Å²) in [5, 5.41) is 20.0. The summed E-state index contributed by atoms with van der Waals surface area (Å²) in [7, 11) is 0. The summed E-state index contributed by atoms with van der Waals surface area (Å²) in [5.41, 5.74) is -1.74. The Morgan fingerprint density at radius 3 is 1.22 bits per heavy atom. The van der Waals surface area contributed by atoms with Gasteiger partial charge in [0, 0.05) is 0 Å². The Balaban J connectivity index is 1.86. The second-order valence-corrected chi connectivity index (χ2v) is 6.03. The van der Waals surface area contributed by atoms with Crippen LogP contribution in [0.15, 0.2) is 0 Å². The Bertz CT molecular complexity index is 331. The van der Waals surface area contributed by atoms with Crippen LogP contribution in [0.4, 0.5) is 0 Å². The van der Waals surface area contributed by atoms with Gasteiger partial charge in [-0.1, -0.05) is 11.8 Å². The molecule has 0 aromatic rings. The van der Waals surface area contributed by atoms with Crippen molar-refractivity contribution in [2.24, 2.45) is 11.8 Å². The van der Waals surface area contributed by atoms with Crippen LogP contribution < -0.4 is 0 Å². The van der Waals surface area contributed by atoms with E-state index in [1.54, 1.807) is 0 Å². The lowest BCUT2D eigenvalue weighted by molar-refractivity contribution is 0.00191. The molecule has 2 aliphatic carbocycles. The van der Waals surface area contributed by atoms with Crippen LogP contribution in [0.3, 0.4) is 0 Å². The largest absolute Gasteiger partial charge is 0.378 e. The van der Waals surface area contributed by atoms with Gasteiger partial charge < -0.3 is 10.2 Å². The van der Waals surface area contributed by atoms with Gasteiger partial charge in [0.25, 0.3) is 0 Å². The van der Waals surface area contributed by atoms with E-state index in [0.717, 1.165) is 25.7 Å². The Morgan fingerprint density at radius 1 is 0.722 bits per heavy atom. The van der Waals surface area contributed by atoms with Crippen LogP contribution in [0.25, 0.3) is 0 Å². The molecule has 18 heavy (non-hydrogen) atoms. The van der Waals surface area contributed by atoms with Crippen LogP contribution in [-0.2, 0) is 0 Å². The van der Waals surface area contributed by atoms with Gasteiger partial charge in [0.15, 0.2) is 0 Å². The lowest BCUT2D eigenvalue weighted by Gasteiger charge is -2.40. The number of aliphatic hydroxyl groups is 2.